The van der Waals surface area contributed by atoms with E-state index in [0.717, 1.165) is 25.0 Å². The van der Waals surface area contributed by atoms with E-state index >= 15 is 0 Å². The van der Waals surface area contributed by atoms with E-state index in [1.54, 1.807) is 0 Å². The van der Waals surface area contributed by atoms with Crippen molar-refractivity contribution in [2.24, 2.45) is 0 Å². The predicted octanol–water partition coefficient (Wildman–Crippen LogP) is 3.53. The smallest absolute Gasteiger partial charge is 0.246 e. The Balaban J connectivity index is 1.74. The van der Waals surface area contributed by atoms with Gasteiger partial charge in [0, 0.05) is 13.2 Å². The summed E-state index contributed by atoms with van der Waals surface area (Å²) in [5.41, 5.74) is 1.61. The molecule has 2 N–H and O–H groups in total. The maximum atomic E-state index is 13.0. The summed E-state index contributed by atoms with van der Waals surface area (Å²) >= 11 is 0. The lowest BCUT2D eigenvalue weighted by Crippen LogP contribution is -2.37. The van der Waals surface area contributed by atoms with Gasteiger partial charge in [0.15, 0.2) is 0 Å². The molecule has 26 heavy (non-hydrogen) atoms. The van der Waals surface area contributed by atoms with Crippen LogP contribution in [-0.4, -0.2) is 31.8 Å². The number of amides is 1. The summed E-state index contributed by atoms with van der Waals surface area (Å²) in [5.74, 6) is 0.565. The van der Waals surface area contributed by atoms with Crippen LogP contribution in [0.15, 0.2) is 54.6 Å². The van der Waals surface area contributed by atoms with E-state index in [1.807, 2.05) is 61.5 Å². The highest BCUT2D eigenvalue weighted by Gasteiger charge is 2.24. The van der Waals surface area contributed by atoms with Crippen molar-refractivity contribution in [2.45, 2.75) is 31.9 Å². The molecule has 1 aliphatic heterocycles. The normalized spacial score (nSPS) is 17.7. The van der Waals surface area contributed by atoms with E-state index < -0.39 is 6.04 Å². The second kappa shape index (κ2) is 9.36. The zero-order chi connectivity index (χ0) is 18.2. The molecule has 0 aliphatic carbocycles. The lowest BCUT2D eigenvalue weighted by Gasteiger charge is -2.21. The van der Waals surface area contributed by atoms with Gasteiger partial charge in [-0.25, -0.2) is 0 Å². The Hall–Kier alpha value is -2.37. The molecular formula is C21H26N2O3. The number of anilines is 1. The van der Waals surface area contributed by atoms with Crippen molar-refractivity contribution in [3.05, 3.63) is 60.2 Å². The number of para-hydroxylation sites is 2. The van der Waals surface area contributed by atoms with Crippen LogP contribution in [0.25, 0.3) is 0 Å². The minimum atomic E-state index is -0.449. The number of benzene rings is 2. The first-order valence-corrected chi connectivity index (χ1v) is 9.20. The van der Waals surface area contributed by atoms with Crippen LogP contribution in [0.2, 0.25) is 0 Å². The summed E-state index contributed by atoms with van der Waals surface area (Å²) in [4.78, 5) is 13.0. The summed E-state index contributed by atoms with van der Waals surface area (Å²) in [7, 11) is 0. The van der Waals surface area contributed by atoms with Gasteiger partial charge in [-0.05, 0) is 37.5 Å². The summed E-state index contributed by atoms with van der Waals surface area (Å²) < 4.78 is 11.3. The number of carbonyl (C=O) groups is 1. The van der Waals surface area contributed by atoms with Gasteiger partial charge in [-0.2, -0.15) is 0 Å². The minimum Gasteiger partial charge on any atom is -0.492 e. The van der Waals surface area contributed by atoms with Gasteiger partial charge >= 0.3 is 0 Å². The van der Waals surface area contributed by atoms with E-state index in [1.165, 1.54) is 0 Å². The molecule has 0 unspecified atom stereocenters. The summed E-state index contributed by atoms with van der Waals surface area (Å²) in [6.45, 7) is 3.93. The molecule has 0 bridgehead atoms. The van der Waals surface area contributed by atoms with Crippen LogP contribution < -0.4 is 15.4 Å². The Morgan fingerprint density at radius 2 is 1.96 bits per heavy atom. The maximum absolute atomic E-state index is 13.0. The van der Waals surface area contributed by atoms with Crippen LogP contribution in [0.1, 0.15) is 31.4 Å². The van der Waals surface area contributed by atoms with E-state index in [4.69, 9.17) is 9.47 Å². The van der Waals surface area contributed by atoms with Gasteiger partial charge in [0.05, 0.1) is 18.4 Å². The number of hydrogen-bond donors (Lipinski definition) is 2. The molecule has 0 saturated carbocycles. The molecule has 0 aromatic heterocycles. The third-order valence-electron chi connectivity index (χ3n) is 4.41. The first kappa shape index (κ1) is 18.4. The van der Waals surface area contributed by atoms with Gasteiger partial charge in [-0.1, -0.05) is 42.5 Å². The lowest BCUT2D eigenvalue weighted by molar-refractivity contribution is -0.118. The fourth-order valence-corrected chi connectivity index (χ4v) is 3.12. The van der Waals surface area contributed by atoms with Gasteiger partial charge < -0.3 is 14.8 Å². The first-order chi connectivity index (χ1) is 12.8. The molecule has 0 radical (unpaired) electrons. The zero-order valence-corrected chi connectivity index (χ0v) is 15.1. The molecule has 2 atom stereocenters. The molecule has 1 saturated heterocycles. The van der Waals surface area contributed by atoms with Crippen LogP contribution in [0, 0.1) is 0 Å². The van der Waals surface area contributed by atoms with Crippen molar-refractivity contribution >= 4 is 11.6 Å². The molecule has 1 fully saturated rings. The lowest BCUT2D eigenvalue weighted by atomic mass is 10.1. The Labute approximate surface area is 154 Å². The fourth-order valence-electron chi connectivity index (χ4n) is 3.12. The van der Waals surface area contributed by atoms with Crippen LogP contribution in [0.4, 0.5) is 5.69 Å². The van der Waals surface area contributed by atoms with Gasteiger partial charge in [0.25, 0.3) is 0 Å². The van der Waals surface area contributed by atoms with Crippen molar-refractivity contribution in [1.29, 1.82) is 0 Å². The number of ether oxygens (including phenoxy) is 2. The van der Waals surface area contributed by atoms with Crippen molar-refractivity contribution in [3.63, 3.8) is 0 Å². The number of nitrogens with one attached hydrogen (secondary N) is 2. The van der Waals surface area contributed by atoms with E-state index in [-0.39, 0.29) is 12.0 Å². The van der Waals surface area contributed by atoms with Crippen LogP contribution in [-0.2, 0) is 9.53 Å². The highest BCUT2D eigenvalue weighted by molar-refractivity contribution is 5.96. The Morgan fingerprint density at radius 1 is 1.19 bits per heavy atom. The molecule has 2 aromatic rings. The Bertz CT molecular complexity index is 699. The fraction of sp³-hybridized carbons (Fsp3) is 0.381. The monoisotopic (exact) mass is 354 g/mol. The van der Waals surface area contributed by atoms with Crippen LogP contribution in [0.5, 0.6) is 5.75 Å². The van der Waals surface area contributed by atoms with Gasteiger partial charge in [-0.15, -0.1) is 0 Å². The topological polar surface area (TPSA) is 59.6 Å². The summed E-state index contributed by atoms with van der Waals surface area (Å²) in [6, 6.07) is 16.8. The molecule has 138 valence electrons. The van der Waals surface area contributed by atoms with E-state index in [2.05, 4.69) is 10.6 Å². The Morgan fingerprint density at radius 3 is 2.69 bits per heavy atom. The highest BCUT2D eigenvalue weighted by atomic mass is 16.5. The quantitative estimate of drug-likeness (QED) is 0.761. The molecule has 0 spiro atoms. The molecule has 3 rings (SSSR count). The van der Waals surface area contributed by atoms with Crippen molar-refractivity contribution in [3.8, 4) is 5.75 Å². The molecule has 1 amide bonds. The second-order valence-corrected chi connectivity index (χ2v) is 6.31. The largest absolute Gasteiger partial charge is 0.492 e. The number of hydrogen-bond acceptors (Lipinski definition) is 4. The number of carbonyl (C=O) groups excluding carboxylic acids is 1. The average Bonchev–Trinajstić information content (AvgIpc) is 3.18. The predicted molar refractivity (Wildman–Crippen MR) is 102 cm³/mol. The second-order valence-electron chi connectivity index (χ2n) is 6.31. The van der Waals surface area contributed by atoms with E-state index in [9.17, 15) is 4.79 Å². The van der Waals surface area contributed by atoms with Gasteiger partial charge in [0.2, 0.25) is 5.91 Å². The van der Waals surface area contributed by atoms with Crippen molar-refractivity contribution in [1.82, 2.24) is 5.32 Å². The summed E-state index contributed by atoms with van der Waals surface area (Å²) in [6.07, 6.45) is 2.28. The van der Waals surface area contributed by atoms with Crippen LogP contribution >= 0.6 is 0 Å². The summed E-state index contributed by atoms with van der Waals surface area (Å²) in [5, 5.41) is 6.37. The third-order valence-corrected chi connectivity index (χ3v) is 4.41. The van der Waals surface area contributed by atoms with Gasteiger partial charge in [0.1, 0.15) is 11.8 Å². The van der Waals surface area contributed by atoms with Crippen molar-refractivity contribution < 1.29 is 14.3 Å². The number of rotatable bonds is 8. The average molecular weight is 354 g/mol. The SMILES string of the molecule is CCOc1ccccc1NC(=O)[C@@H](NC[C@H]1CCCO1)c1ccccc1. The van der Waals surface area contributed by atoms with E-state index in [0.29, 0.717) is 24.6 Å². The van der Waals surface area contributed by atoms with Crippen LogP contribution in [0.3, 0.4) is 0 Å². The van der Waals surface area contributed by atoms with Crippen molar-refractivity contribution in [2.75, 3.05) is 25.1 Å². The third kappa shape index (κ3) is 4.84. The molecule has 5 heteroatoms. The molecular weight excluding hydrogens is 328 g/mol. The molecule has 1 aliphatic rings. The van der Waals surface area contributed by atoms with Gasteiger partial charge in [-0.3, -0.25) is 10.1 Å². The maximum Gasteiger partial charge on any atom is 0.246 e. The molecule has 5 nitrogen and oxygen atoms in total. The zero-order valence-electron chi connectivity index (χ0n) is 15.1. The molecule has 1 heterocycles. The Kier molecular flexibility index (Phi) is 6.63. The standard InChI is InChI=1S/C21H26N2O3/c1-2-25-19-13-7-6-12-18(19)23-21(24)20(16-9-4-3-5-10-16)22-15-17-11-8-14-26-17/h3-7,9-10,12-13,17,20,22H,2,8,11,14-15H2,1H3,(H,23,24)/t17-,20+/m1/s1. The highest BCUT2D eigenvalue weighted by Crippen LogP contribution is 2.25. The molecule has 2 aromatic carbocycles. The first-order valence-electron chi connectivity index (χ1n) is 9.20. The minimum absolute atomic E-state index is 0.110.